The molecule has 20 heavy (non-hydrogen) atoms. The molecule has 1 amide bonds. The molecule has 0 bridgehead atoms. The maximum atomic E-state index is 11.6. The zero-order valence-corrected chi connectivity index (χ0v) is 13.4. The van der Waals surface area contributed by atoms with Gasteiger partial charge in [0.15, 0.2) is 0 Å². The van der Waals surface area contributed by atoms with Gasteiger partial charge in [0.1, 0.15) is 6.04 Å². The molecule has 1 aromatic rings. The van der Waals surface area contributed by atoms with E-state index in [1.54, 1.807) is 0 Å². The van der Waals surface area contributed by atoms with Crippen LogP contribution in [0.1, 0.15) is 31.7 Å². The third kappa shape index (κ3) is 3.52. The molecular weight excluding hydrogens is 318 g/mol. The van der Waals surface area contributed by atoms with Crippen molar-refractivity contribution in [1.29, 1.82) is 0 Å². The van der Waals surface area contributed by atoms with Crippen LogP contribution in [0.15, 0.2) is 22.7 Å². The fraction of sp³-hybridized carbons (Fsp3) is 0.533. The molecule has 0 radical (unpaired) electrons. The number of primary amides is 1. The van der Waals surface area contributed by atoms with E-state index in [-0.39, 0.29) is 11.9 Å². The lowest BCUT2D eigenvalue weighted by Crippen LogP contribution is -2.47. The zero-order chi connectivity index (χ0) is 14.5. The summed E-state index contributed by atoms with van der Waals surface area (Å²) in [5.74, 6) is -0.224. The Bertz CT molecular complexity index is 478. The first-order valence-electron chi connectivity index (χ1n) is 7.18. The number of benzene rings is 1. The monoisotopic (exact) mass is 339 g/mol. The SMILES string of the molecule is CCNCc1ccc(N2CCCCC2C(N)=O)cc1Br. The van der Waals surface area contributed by atoms with Crippen LogP contribution in [0, 0.1) is 0 Å². The summed E-state index contributed by atoms with van der Waals surface area (Å²) < 4.78 is 1.07. The summed E-state index contributed by atoms with van der Waals surface area (Å²) in [6.07, 6.45) is 3.04. The van der Waals surface area contributed by atoms with Gasteiger partial charge in [0.25, 0.3) is 0 Å². The van der Waals surface area contributed by atoms with Crippen molar-refractivity contribution in [2.75, 3.05) is 18.0 Å². The number of rotatable bonds is 5. The first-order chi connectivity index (χ1) is 9.63. The summed E-state index contributed by atoms with van der Waals surface area (Å²) in [5, 5.41) is 3.31. The van der Waals surface area contributed by atoms with Gasteiger partial charge in [0.05, 0.1) is 0 Å². The largest absolute Gasteiger partial charge is 0.368 e. The van der Waals surface area contributed by atoms with Crippen LogP contribution in [0.5, 0.6) is 0 Å². The normalized spacial score (nSPS) is 19.1. The van der Waals surface area contributed by atoms with Gasteiger partial charge in [-0.3, -0.25) is 4.79 Å². The van der Waals surface area contributed by atoms with E-state index < -0.39 is 0 Å². The molecule has 1 aliphatic rings. The molecular formula is C15H22BrN3O. The van der Waals surface area contributed by atoms with E-state index in [1.807, 2.05) is 0 Å². The summed E-state index contributed by atoms with van der Waals surface area (Å²) in [4.78, 5) is 13.7. The number of hydrogen-bond acceptors (Lipinski definition) is 3. The highest BCUT2D eigenvalue weighted by Gasteiger charge is 2.27. The maximum absolute atomic E-state index is 11.6. The molecule has 4 nitrogen and oxygen atoms in total. The number of anilines is 1. The van der Waals surface area contributed by atoms with Gasteiger partial charge in [-0.2, -0.15) is 0 Å². The highest BCUT2D eigenvalue weighted by atomic mass is 79.9. The molecule has 5 heteroatoms. The number of piperidine rings is 1. The summed E-state index contributed by atoms with van der Waals surface area (Å²) in [7, 11) is 0. The van der Waals surface area contributed by atoms with E-state index in [4.69, 9.17) is 5.73 Å². The molecule has 0 saturated carbocycles. The number of nitrogens with two attached hydrogens (primary N) is 1. The second kappa shape index (κ2) is 7.09. The number of carbonyl (C=O) groups excluding carboxylic acids is 1. The van der Waals surface area contributed by atoms with Crippen molar-refractivity contribution in [3.8, 4) is 0 Å². The van der Waals surface area contributed by atoms with Crippen LogP contribution < -0.4 is 16.0 Å². The minimum absolute atomic E-state index is 0.171. The van der Waals surface area contributed by atoms with E-state index in [0.29, 0.717) is 0 Å². The van der Waals surface area contributed by atoms with E-state index in [2.05, 4.69) is 51.3 Å². The smallest absolute Gasteiger partial charge is 0.240 e. The zero-order valence-electron chi connectivity index (χ0n) is 11.9. The highest BCUT2D eigenvalue weighted by Crippen LogP contribution is 2.29. The predicted molar refractivity (Wildman–Crippen MR) is 85.7 cm³/mol. The standard InChI is InChI=1S/C15H22BrN3O/c1-2-18-10-11-6-7-12(9-13(11)16)19-8-4-3-5-14(19)15(17)20/h6-7,9,14,18H,2-5,8,10H2,1H3,(H2,17,20). The van der Waals surface area contributed by atoms with E-state index in [1.165, 1.54) is 5.56 Å². The number of nitrogens with zero attached hydrogens (tertiary/aromatic N) is 1. The fourth-order valence-electron chi connectivity index (χ4n) is 2.65. The summed E-state index contributed by atoms with van der Waals surface area (Å²) in [6.45, 7) is 4.78. The quantitative estimate of drug-likeness (QED) is 0.865. The van der Waals surface area contributed by atoms with Crippen LogP contribution in [0.25, 0.3) is 0 Å². The van der Waals surface area contributed by atoms with E-state index in [0.717, 1.165) is 49.1 Å². The second-order valence-corrected chi connectivity index (χ2v) is 6.02. The lowest BCUT2D eigenvalue weighted by Gasteiger charge is -2.35. The summed E-state index contributed by atoms with van der Waals surface area (Å²) >= 11 is 3.62. The van der Waals surface area contributed by atoms with Crippen LogP contribution in [-0.2, 0) is 11.3 Å². The predicted octanol–water partition coefficient (Wildman–Crippen LogP) is 2.40. The number of hydrogen-bond donors (Lipinski definition) is 2. The molecule has 2 rings (SSSR count). The first-order valence-corrected chi connectivity index (χ1v) is 7.98. The molecule has 1 unspecified atom stereocenters. The molecule has 110 valence electrons. The van der Waals surface area contributed by atoms with E-state index >= 15 is 0 Å². The molecule has 0 aliphatic carbocycles. The van der Waals surface area contributed by atoms with Crippen LogP contribution in [-0.4, -0.2) is 25.0 Å². The third-order valence-corrected chi connectivity index (χ3v) is 4.50. The topological polar surface area (TPSA) is 58.4 Å². The van der Waals surface area contributed by atoms with Crippen molar-refractivity contribution in [1.82, 2.24) is 5.32 Å². The fourth-order valence-corrected chi connectivity index (χ4v) is 3.16. The third-order valence-electron chi connectivity index (χ3n) is 3.76. The van der Waals surface area contributed by atoms with Crippen molar-refractivity contribution in [2.24, 2.45) is 5.73 Å². The summed E-state index contributed by atoms with van der Waals surface area (Å²) in [5.41, 5.74) is 7.82. The molecule has 1 heterocycles. The molecule has 1 atom stereocenters. The van der Waals surface area contributed by atoms with Crippen LogP contribution in [0.3, 0.4) is 0 Å². The van der Waals surface area contributed by atoms with E-state index in [9.17, 15) is 4.79 Å². The van der Waals surface area contributed by atoms with Crippen molar-refractivity contribution >= 4 is 27.5 Å². The minimum atomic E-state index is -0.224. The van der Waals surface area contributed by atoms with Gasteiger partial charge in [-0.25, -0.2) is 0 Å². The number of carbonyl (C=O) groups is 1. The molecule has 0 aromatic heterocycles. The lowest BCUT2D eigenvalue weighted by molar-refractivity contribution is -0.119. The van der Waals surface area contributed by atoms with Crippen LogP contribution in [0.2, 0.25) is 0 Å². The van der Waals surface area contributed by atoms with Gasteiger partial charge in [-0.1, -0.05) is 28.9 Å². The summed E-state index contributed by atoms with van der Waals surface area (Å²) in [6, 6.07) is 6.11. The Labute approximate surface area is 128 Å². The first kappa shape index (κ1) is 15.3. The van der Waals surface area contributed by atoms with Gasteiger partial charge >= 0.3 is 0 Å². The average molecular weight is 340 g/mol. The Morgan fingerprint density at radius 3 is 2.95 bits per heavy atom. The van der Waals surface area contributed by atoms with Crippen molar-refractivity contribution in [2.45, 2.75) is 38.8 Å². The average Bonchev–Trinajstić information content (AvgIpc) is 2.46. The Morgan fingerprint density at radius 2 is 2.30 bits per heavy atom. The Hall–Kier alpha value is -1.07. The molecule has 0 spiro atoms. The van der Waals surface area contributed by atoms with Gasteiger partial charge in [0, 0.05) is 23.2 Å². The molecule has 1 aromatic carbocycles. The molecule has 3 N–H and O–H groups in total. The minimum Gasteiger partial charge on any atom is -0.368 e. The molecule has 1 saturated heterocycles. The van der Waals surface area contributed by atoms with Crippen molar-refractivity contribution in [3.63, 3.8) is 0 Å². The maximum Gasteiger partial charge on any atom is 0.240 e. The van der Waals surface area contributed by atoms with Gasteiger partial charge in [-0.15, -0.1) is 0 Å². The Morgan fingerprint density at radius 1 is 1.50 bits per heavy atom. The van der Waals surface area contributed by atoms with Gasteiger partial charge in [0.2, 0.25) is 5.91 Å². The van der Waals surface area contributed by atoms with Gasteiger partial charge in [-0.05, 0) is 43.5 Å². The van der Waals surface area contributed by atoms with Crippen molar-refractivity contribution in [3.05, 3.63) is 28.2 Å². The van der Waals surface area contributed by atoms with Gasteiger partial charge < -0.3 is 16.0 Å². The number of halogens is 1. The van der Waals surface area contributed by atoms with Crippen LogP contribution in [0.4, 0.5) is 5.69 Å². The number of nitrogens with one attached hydrogen (secondary N) is 1. The lowest BCUT2D eigenvalue weighted by atomic mass is 10.0. The Kier molecular flexibility index (Phi) is 5.43. The number of amides is 1. The second-order valence-electron chi connectivity index (χ2n) is 5.16. The van der Waals surface area contributed by atoms with Crippen LogP contribution >= 0.6 is 15.9 Å². The van der Waals surface area contributed by atoms with Crippen molar-refractivity contribution < 1.29 is 4.79 Å². The Balaban J connectivity index is 2.19. The molecule has 1 aliphatic heterocycles. The molecule has 1 fully saturated rings. The highest BCUT2D eigenvalue weighted by molar-refractivity contribution is 9.10.